The lowest BCUT2D eigenvalue weighted by Crippen LogP contribution is -2.17. The van der Waals surface area contributed by atoms with Gasteiger partial charge in [-0.05, 0) is 37.3 Å². The minimum Gasteiger partial charge on any atom is -0.469 e. The summed E-state index contributed by atoms with van der Waals surface area (Å²) >= 11 is 8.32. The second-order valence-electron chi connectivity index (χ2n) is 8.04. The van der Waals surface area contributed by atoms with Gasteiger partial charge in [-0.2, -0.15) is 0 Å². The fourth-order valence-electron chi connectivity index (χ4n) is 4.52. The van der Waals surface area contributed by atoms with Crippen molar-refractivity contribution >= 4 is 34.6 Å². The van der Waals surface area contributed by atoms with E-state index in [0.717, 1.165) is 46.3 Å². The molecule has 6 nitrogen and oxygen atoms in total. The van der Waals surface area contributed by atoms with Crippen molar-refractivity contribution in [2.45, 2.75) is 38.1 Å². The lowest BCUT2D eigenvalue weighted by atomic mass is 9.97. The van der Waals surface area contributed by atoms with Crippen molar-refractivity contribution in [3.63, 3.8) is 0 Å². The van der Waals surface area contributed by atoms with Crippen LogP contribution >= 0.6 is 22.9 Å². The fraction of sp³-hybridized carbons (Fsp3) is 0.364. The summed E-state index contributed by atoms with van der Waals surface area (Å²) in [6, 6.07) is 7.81. The molecule has 3 aliphatic rings. The number of benzene rings is 1. The molecule has 6 rings (SSSR count). The minimum absolute atomic E-state index is 0.138. The van der Waals surface area contributed by atoms with Crippen LogP contribution in [0.3, 0.4) is 0 Å². The highest BCUT2D eigenvalue weighted by Crippen LogP contribution is 2.46. The Balaban J connectivity index is 1.57. The maximum absolute atomic E-state index is 12.2. The summed E-state index contributed by atoms with van der Waals surface area (Å²) < 4.78 is 7.24. The zero-order valence-corrected chi connectivity index (χ0v) is 18.0. The van der Waals surface area contributed by atoms with Gasteiger partial charge in [-0.3, -0.25) is 14.4 Å². The molecule has 8 heteroatoms. The molecular formula is C22H19ClN4O2S. The van der Waals surface area contributed by atoms with Gasteiger partial charge < -0.3 is 4.74 Å². The van der Waals surface area contributed by atoms with Gasteiger partial charge >= 0.3 is 5.97 Å². The number of rotatable bonds is 3. The number of methoxy groups -OCH3 is 1. The van der Waals surface area contributed by atoms with Gasteiger partial charge in [0, 0.05) is 26.9 Å². The van der Waals surface area contributed by atoms with Gasteiger partial charge in [-0.1, -0.05) is 29.8 Å². The number of hydrogen-bond acceptors (Lipinski definition) is 6. The summed E-state index contributed by atoms with van der Waals surface area (Å²) in [5, 5.41) is 10.8. The van der Waals surface area contributed by atoms with E-state index in [1.807, 2.05) is 24.3 Å². The van der Waals surface area contributed by atoms with Crippen molar-refractivity contribution in [2.24, 2.45) is 10.9 Å². The number of thiophene rings is 1. The van der Waals surface area contributed by atoms with E-state index in [9.17, 15) is 4.79 Å². The summed E-state index contributed by atoms with van der Waals surface area (Å²) in [6.07, 6.45) is 3.67. The molecule has 3 heterocycles. The van der Waals surface area contributed by atoms with Gasteiger partial charge in [-0.15, -0.1) is 21.5 Å². The van der Waals surface area contributed by atoms with Crippen LogP contribution in [0.15, 0.2) is 29.3 Å². The van der Waals surface area contributed by atoms with E-state index in [2.05, 4.69) is 14.8 Å². The maximum Gasteiger partial charge on any atom is 0.309 e. The Hall–Kier alpha value is -2.51. The van der Waals surface area contributed by atoms with Gasteiger partial charge in [0.2, 0.25) is 0 Å². The number of aromatic nitrogens is 3. The van der Waals surface area contributed by atoms with Gasteiger partial charge in [0.15, 0.2) is 5.82 Å². The summed E-state index contributed by atoms with van der Waals surface area (Å²) in [7, 11) is 1.46. The average Bonchev–Trinajstić information content (AvgIpc) is 3.29. The van der Waals surface area contributed by atoms with Crippen LogP contribution in [-0.2, 0) is 28.9 Å². The standard InChI is InChI=1S/C22H19ClN4O2S/c1-29-22(28)12-8-14-16(9-12)30-21-18(14)19(13-4-2-3-5-15(13)23)24-10-17-25-26-20(27(17)21)11-6-7-11/h2-5,11-12H,6-10H2,1H3. The molecule has 0 spiro atoms. The first kappa shape index (κ1) is 18.3. The summed E-state index contributed by atoms with van der Waals surface area (Å²) in [5.41, 5.74) is 4.06. The van der Waals surface area contributed by atoms with E-state index < -0.39 is 0 Å². The molecule has 1 fully saturated rings. The number of carbonyl (C=O) groups excluding carboxylic acids is 1. The summed E-state index contributed by atoms with van der Waals surface area (Å²) in [6.45, 7) is 0.455. The molecular weight excluding hydrogens is 420 g/mol. The number of aliphatic imine (C=N–C) groups is 1. The molecule has 2 aromatic heterocycles. The molecule has 1 aromatic carbocycles. The van der Waals surface area contributed by atoms with E-state index in [0.29, 0.717) is 30.3 Å². The first-order valence-electron chi connectivity index (χ1n) is 10.1. The number of fused-ring (bicyclic) bond motifs is 5. The highest BCUT2D eigenvalue weighted by atomic mass is 35.5. The monoisotopic (exact) mass is 438 g/mol. The van der Waals surface area contributed by atoms with Crippen LogP contribution in [0.2, 0.25) is 5.02 Å². The predicted octanol–water partition coefficient (Wildman–Crippen LogP) is 4.10. The number of nitrogens with zero attached hydrogens (tertiary/aromatic N) is 4. The van der Waals surface area contributed by atoms with Gasteiger partial charge in [0.05, 0.1) is 18.7 Å². The zero-order chi connectivity index (χ0) is 20.4. The number of carbonyl (C=O) groups is 1. The van der Waals surface area contributed by atoms with Crippen molar-refractivity contribution < 1.29 is 9.53 Å². The molecule has 0 amide bonds. The van der Waals surface area contributed by atoms with Crippen molar-refractivity contribution in [1.82, 2.24) is 14.8 Å². The molecule has 0 saturated heterocycles. The van der Waals surface area contributed by atoms with E-state index >= 15 is 0 Å². The van der Waals surface area contributed by atoms with Crippen LogP contribution in [0.5, 0.6) is 0 Å². The van der Waals surface area contributed by atoms with E-state index in [1.165, 1.54) is 17.6 Å². The Morgan fingerprint density at radius 3 is 2.83 bits per heavy atom. The van der Waals surface area contributed by atoms with E-state index in [-0.39, 0.29) is 11.9 Å². The summed E-state index contributed by atoms with van der Waals surface area (Å²) in [4.78, 5) is 18.4. The highest BCUT2D eigenvalue weighted by molar-refractivity contribution is 7.15. The Labute approximate surface area is 182 Å². The van der Waals surface area contributed by atoms with Crippen LogP contribution in [0.4, 0.5) is 0 Å². The molecule has 0 radical (unpaired) electrons. The predicted molar refractivity (Wildman–Crippen MR) is 115 cm³/mol. The Morgan fingerprint density at radius 2 is 2.07 bits per heavy atom. The van der Waals surface area contributed by atoms with Crippen LogP contribution < -0.4 is 0 Å². The SMILES string of the molecule is COC(=O)C1Cc2sc3c(c2C1)C(c1ccccc1Cl)=NCc1nnc(C2CC2)n1-3. The Kier molecular flexibility index (Phi) is 4.11. The number of halogens is 1. The van der Waals surface area contributed by atoms with Crippen molar-refractivity contribution in [1.29, 1.82) is 0 Å². The molecule has 0 bridgehead atoms. The van der Waals surface area contributed by atoms with Crippen molar-refractivity contribution in [3.05, 3.63) is 62.5 Å². The number of hydrogen-bond donors (Lipinski definition) is 0. The molecule has 3 aromatic rings. The molecule has 0 N–H and O–H groups in total. The molecule has 1 unspecified atom stereocenters. The van der Waals surface area contributed by atoms with Crippen LogP contribution in [0.25, 0.3) is 5.00 Å². The molecule has 2 aliphatic carbocycles. The van der Waals surface area contributed by atoms with Gasteiger partial charge in [-0.25, -0.2) is 0 Å². The fourth-order valence-corrected chi connectivity index (χ4v) is 6.18. The Bertz CT molecular complexity index is 1220. The molecule has 152 valence electrons. The second-order valence-corrected chi connectivity index (χ2v) is 9.53. The first-order chi connectivity index (χ1) is 14.7. The molecule has 1 aliphatic heterocycles. The third-order valence-electron chi connectivity index (χ3n) is 6.13. The topological polar surface area (TPSA) is 69.4 Å². The molecule has 1 saturated carbocycles. The van der Waals surface area contributed by atoms with Crippen LogP contribution in [0.1, 0.15) is 52.0 Å². The van der Waals surface area contributed by atoms with Crippen molar-refractivity contribution in [2.75, 3.05) is 7.11 Å². The van der Waals surface area contributed by atoms with Gasteiger partial charge in [0.25, 0.3) is 0 Å². The largest absolute Gasteiger partial charge is 0.469 e. The normalized spacial score (nSPS) is 19.5. The van der Waals surface area contributed by atoms with Crippen molar-refractivity contribution in [3.8, 4) is 5.00 Å². The van der Waals surface area contributed by atoms with Gasteiger partial charge in [0.1, 0.15) is 17.4 Å². The minimum atomic E-state index is -0.152. The Morgan fingerprint density at radius 1 is 1.23 bits per heavy atom. The molecule has 30 heavy (non-hydrogen) atoms. The summed E-state index contributed by atoms with van der Waals surface area (Å²) in [5.74, 6) is 2.08. The third kappa shape index (κ3) is 2.68. The highest BCUT2D eigenvalue weighted by Gasteiger charge is 2.39. The maximum atomic E-state index is 12.2. The first-order valence-corrected chi connectivity index (χ1v) is 11.3. The van der Waals surface area contributed by atoms with Crippen LogP contribution in [-0.4, -0.2) is 33.6 Å². The molecule has 1 atom stereocenters. The second kappa shape index (κ2) is 6.75. The van der Waals surface area contributed by atoms with Crippen LogP contribution in [0, 0.1) is 5.92 Å². The zero-order valence-electron chi connectivity index (χ0n) is 16.4. The third-order valence-corrected chi connectivity index (χ3v) is 7.70. The number of ether oxygens (including phenoxy) is 1. The lowest BCUT2D eigenvalue weighted by Gasteiger charge is -2.13. The average molecular weight is 439 g/mol. The van der Waals surface area contributed by atoms with E-state index in [4.69, 9.17) is 21.3 Å². The van der Waals surface area contributed by atoms with E-state index in [1.54, 1.807) is 11.3 Å². The number of esters is 1. The smallest absolute Gasteiger partial charge is 0.309 e. The quantitative estimate of drug-likeness (QED) is 0.577. The lowest BCUT2D eigenvalue weighted by molar-refractivity contribution is -0.145.